The Balaban J connectivity index is 1.26. The van der Waals surface area contributed by atoms with Gasteiger partial charge in [-0.05, 0) is 25.0 Å². The Morgan fingerprint density at radius 1 is 1.12 bits per heavy atom. The van der Waals surface area contributed by atoms with Crippen LogP contribution in [0.25, 0.3) is 0 Å². The molecule has 2 aliphatic heterocycles. The molecule has 1 aromatic rings. The van der Waals surface area contributed by atoms with Gasteiger partial charge in [0.1, 0.15) is 11.9 Å². The lowest BCUT2D eigenvalue weighted by Gasteiger charge is -2.40. The molecule has 1 amide bonds. The molecule has 136 valence electrons. The van der Waals surface area contributed by atoms with E-state index in [-0.39, 0.29) is 12.0 Å². The number of aliphatic carboxylic acids is 1. The third kappa shape index (κ3) is 4.70. The van der Waals surface area contributed by atoms with Gasteiger partial charge in [-0.3, -0.25) is 4.79 Å². The molecular weight excluding hydrogens is 326 g/mol. The number of carboxylic acid groups (broad SMARTS) is 1. The molecule has 2 fully saturated rings. The number of amides is 1. The van der Waals surface area contributed by atoms with Crippen LogP contribution in [0.2, 0.25) is 0 Å². The van der Waals surface area contributed by atoms with Gasteiger partial charge in [0, 0.05) is 19.5 Å². The SMILES string of the molecule is O=C(O)[C@H]1CC[C@@H](C(=O)N2CC(OCCCOc3ccccc3)C2)O1. The Hall–Kier alpha value is -2.12. The maximum Gasteiger partial charge on any atom is 0.332 e. The predicted molar refractivity (Wildman–Crippen MR) is 88.4 cm³/mol. The number of para-hydroxylation sites is 1. The maximum absolute atomic E-state index is 12.2. The van der Waals surface area contributed by atoms with Crippen LogP contribution in [0.4, 0.5) is 0 Å². The third-order valence-corrected chi connectivity index (χ3v) is 4.38. The van der Waals surface area contributed by atoms with Crippen molar-refractivity contribution in [2.75, 3.05) is 26.3 Å². The van der Waals surface area contributed by atoms with Crippen molar-refractivity contribution in [3.8, 4) is 5.75 Å². The molecule has 7 nitrogen and oxygen atoms in total. The highest BCUT2D eigenvalue weighted by molar-refractivity contribution is 5.83. The van der Waals surface area contributed by atoms with Gasteiger partial charge in [0.05, 0.1) is 19.3 Å². The zero-order chi connectivity index (χ0) is 17.6. The summed E-state index contributed by atoms with van der Waals surface area (Å²) < 4.78 is 16.6. The van der Waals surface area contributed by atoms with E-state index in [9.17, 15) is 9.59 Å². The molecule has 0 aliphatic carbocycles. The van der Waals surface area contributed by atoms with Crippen LogP contribution in [0, 0.1) is 0 Å². The number of carboxylic acids is 1. The summed E-state index contributed by atoms with van der Waals surface area (Å²) >= 11 is 0. The lowest BCUT2D eigenvalue weighted by Crippen LogP contribution is -2.57. The number of carbonyl (C=O) groups excluding carboxylic acids is 1. The first-order chi connectivity index (χ1) is 12.1. The van der Waals surface area contributed by atoms with Gasteiger partial charge in [0.25, 0.3) is 5.91 Å². The van der Waals surface area contributed by atoms with Crippen LogP contribution in [-0.2, 0) is 19.1 Å². The zero-order valence-electron chi connectivity index (χ0n) is 14.0. The van der Waals surface area contributed by atoms with Gasteiger partial charge < -0.3 is 24.2 Å². The van der Waals surface area contributed by atoms with E-state index in [1.807, 2.05) is 30.3 Å². The first kappa shape index (κ1) is 17.7. The fraction of sp³-hybridized carbons (Fsp3) is 0.556. The fourth-order valence-electron chi connectivity index (χ4n) is 2.94. The highest BCUT2D eigenvalue weighted by Gasteiger charge is 2.40. The summed E-state index contributed by atoms with van der Waals surface area (Å²) in [5.41, 5.74) is 0. The van der Waals surface area contributed by atoms with Gasteiger partial charge in [0.2, 0.25) is 0 Å². The van der Waals surface area contributed by atoms with Crippen molar-refractivity contribution in [2.45, 2.75) is 37.6 Å². The maximum atomic E-state index is 12.2. The normalized spacial score (nSPS) is 23.3. The largest absolute Gasteiger partial charge is 0.494 e. The Bertz CT molecular complexity index is 586. The number of ether oxygens (including phenoxy) is 3. The number of rotatable bonds is 8. The summed E-state index contributed by atoms with van der Waals surface area (Å²) in [4.78, 5) is 24.7. The van der Waals surface area contributed by atoms with E-state index in [1.54, 1.807) is 4.90 Å². The molecule has 0 aromatic heterocycles. The van der Waals surface area contributed by atoms with Crippen LogP contribution < -0.4 is 4.74 Å². The predicted octanol–water partition coefficient (Wildman–Crippen LogP) is 1.32. The Morgan fingerprint density at radius 3 is 2.52 bits per heavy atom. The van der Waals surface area contributed by atoms with Gasteiger partial charge in [-0.1, -0.05) is 18.2 Å². The van der Waals surface area contributed by atoms with Gasteiger partial charge in [-0.2, -0.15) is 0 Å². The molecule has 3 rings (SSSR count). The van der Waals surface area contributed by atoms with Crippen molar-refractivity contribution in [1.82, 2.24) is 4.90 Å². The summed E-state index contributed by atoms with van der Waals surface area (Å²) in [6, 6.07) is 9.63. The van der Waals surface area contributed by atoms with Crippen LogP contribution in [0.15, 0.2) is 30.3 Å². The second kappa shape index (κ2) is 8.31. The van der Waals surface area contributed by atoms with Gasteiger partial charge >= 0.3 is 5.97 Å². The van der Waals surface area contributed by atoms with E-state index < -0.39 is 18.2 Å². The van der Waals surface area contributed by atoms with Crippen molar-refractivity contribution in [1.29, 1.82) is 0 Å². The molecular formula is C18H23NO6. The number of nitrogens with zero attached hydrogens (tertiary/aromatic N) is 1. The molecule has 0 unspecified atom stereocenters. The van der Waals surface area contributed by atoms with Crippen LogP contribution >= 0.6 is 0 Å². The van der Waals surface area contributed by atoms with E-state index >= 15 is 0 Å². The minimum atomic E-state index is -1.00. The minimum Gasteiger partial charge on any atom is -0.494 e. The van der Waals surface area contributed by atoms with E-state index in [0.717, 1.165) is 12.2 Å². The molecule has 7 heteroatoms. The summed E-state index contributed by atoms with van der Waals surface area (Å²) in [5.74, 6) is -0.284. The molecule has 0 radical (unpaired) electrons. The molecule has 25 heavy (non-hydrogen) atoms. The van der Waals surface area contributed by atoms with Crippen LogP contribution in [0.1, 0.15) is 19.3 Å². The first-order valence-electron chi connectivity index (χ1n) is 8.60. The number of benzene rings is 1. The van der Waals surface area contributed by atoms with Crippen molar-refractivity contribution < 1.29 is 28.9 Å². The van der Waals surface area contributed by atoms with E-state index in [2.05, 4.69) is 0 Å². The third-order valence-electron chi connectivity index (χ3n) is 4.38. The monoisotopic (exact) mass is 349 g/mol. The summed E-state index contributed by atoms with van der Waals surface area (Å²) in [6.45, 7) is 2.25. The van der Waals surface area contributed by atoms with Crippen molar-refractivity contribution in [2.24, 2.45) is 0 Å². The molecule has 2 heterocycles. The number of hydrogen-bond acceptors (Lipinski definition) is 5. The molecule has 2 saturated heterocycles. The van der Waals surface area contributed by atoms with Crippen molar-refractivity contribution in [3.63, 3.8) is 0 Å². The molecule has 0 bridgehead atoms. The lowest BCUT2D eigenvalue weighted by atomic mass is 10.1. The van der Waals surface area contributed by atoms with E-state index in [4.69, 9.17) is 19.3 Å². The molecule has 1 aromatic carbocycles. The highest BCUT2D eigenvalue weighted by Crippen LogP contribution is 2.24. The smallest absolute Gasteiger partial charge is 0.332 e. The van der Waals surface area contributed by atoms with Crippen molar-refractivity contribution >= 4 is 11.9 Å². The van der Waals surface area contributed by atoms with Gasteiger partial charge in [-0.25, -0.2) is 4.79 Å². The second-order valence-electron chi connectivity index (χ2n) is 6.28. The Morgan fingerprint density at radius 2 is 1.84 bits per heavy atom. The van der Waals surface area contributed by atoms with Crippen molar-refractivity contribution in [3.05, 3.63) is 30.3 Å². The molecule has 0 spiro atoms. The average Bonchev–Trinajstić information content (AvgIpc) is 3.07. The van der Waals surface area contributed by atoms with Gasteiger partial charge in [-0.15, -0.1) is 0 Å². The molecule has 0 saturated carbocycles. The topological polar surface area (TPSA) is 85.3 Å². The lowest BCUT2D eigenvalue weighted by molar-refractivity contribution is -0.161. The first-order valence-corrected chi connectivity index (χ1v) is 8.60. The average molecular weight is 349 g/mol. The minimum absolute atomic E-state index is 0.0392. The number of hydrogen-bond donors (Lipinski definition) is 1. The number of likely N-dealkylation sites (tertiary alicyclic amines) is 1. The quantitative estimate of drug-likeness (QED) is 0.713. The summed E-state index contributed by atoms with van der Waals surface area (Å²) in [6.07, 6.45) is 0.201. The molecule has 2 aliphatic rings. The van der Waals surface area contributed by atoms with E-state index in [1.165, 1.54) is 0 Å². The van der Waals surface area contributed by atoms with Crippen LogP contribution in [0.5, 0.6) is 5.75 Å². The summed E-state index contributed by atoms with van der Waals surface area (Å²) in [5, 5.41) is 8.90. The zero-order valence-corrected chi connectivity index (χ0v) is 14.0. The Labute approximate surface area is 146 Å². The Kier molecular flexibility index (Phi) is 5.88. The highest BCUT2D eigenvalue weighted by atomic mass is 16.5. The fourth-order valence-corrected chi connectivity index (χ4v) is 2.94. The second-order valence-corrected chi connectivity index (χ2v) is 6.28. The molecule has 2 atom stereocenters. The van der Waals surface area contributed by atoms with Gasteiger partial charge in [0.15, 0.2) is 6.10 Å². The van der Waals surface area contributed by atoms with E-state index in [0.29, 0.717) is 39.1 Å². The van der Waals surface area contributed by atoms with Crippen LogP contribution in [0.3, 0.4) is 0 Å². The van der Waals surface area contributed by atoms with Crippen LogP contribution in [-0.4, -0.2) is 66.5 Å². The standard InChI is InChI=1S/C18H23NO6/c20-17(15-7-8-16(25-15)18(21)22)19-11-14(12-19)24-10-4-9-23-13-5-2-1-3-6-13/h1-3,5-6,14-16H,4,7-12H2,(H,21,22)/t15-,16+/m0/s1. The summed E-state index contributed by atoms with van der Waals surface area (Å²) in [7, 11) is 0. The number of carbonyl (C=O) groups is 2. The molecule has 1 N–H and O–H groups in total.